The van der Waals surface area contributed by atoms with E-state index in [0.29, 0.717) is 25.5 Å². The molecule has 0 bridgehead atoms. The molecule has 4 nitrogen and oxygen atoms in total. The molecule has 0 saturated carbocycles. The highest BCUT2D eigenvalue weighted by atomic mass is 16.5. The van der Waals surface area contributed by atoms with E-state index in [4.69, 9.17) is 10.5 Å². The zero-order chi connectivity index (χ0) is 13.3. The van der Waals surface area contributed by atoms with Gasteiger partial charge in [0.2, 0.25) is 5.91 Å². The Hall–Kier alpha value is -0.610. The maximum absolute atomic E-state index is 11.6. The van der Waals surface area contributed by atoms with E-state index < -0.39 is 0 Å². The summed E-state index contributed by atoms with van der Waals surface area (Å²) < 4.78 is 5.00. The van der Waals surface area contributed by atoms with Gasteiger partial charge in [0, 0.05) is 32.7 Å². The van der Waals surface area contributed by atoms with Crippen LogP contribution in [-0.4, -0.2) is 32.2 Å². The molecule has 2 unspecified atom stereocenters. The van der Waals surface area contributed by atoms with Crippen LogP contribution in [0.15, 0.2) is 0 Å². The molecule has 0 aromatic heterocycles. The predicted octanol–water partition coefficient (Wildman–Crippen LogP) is 1.54. The van der Waals surface area contributed by atoms with Crippen molar-refractivity contribution in [1.82, 2.24) is 5.32 Å². The Morgan fingerprint density at radius 3 is 2.41 bits per heavy atom. The van der Waals surface area contributed by atoms with Gasteiger partial charge >= 0.3 is 0 Å². The molecular formula is C13H28N2O2. The highest BCUT2D eigenvalue weighted by Gasteiger charge is 2.15. The van der Waals surface area contributed by atoms with Gasteiger partial charge < -0.3 is 15.8 Å². The van der Waals surface area contributed by atoms with Gasteiger partial charge in [0.15, 0.2) is 0 Å². The number of carbonyl (C=O) groups excluding carboxylic acids is 1. The van der Waals surface area contributed by atoms with Crippen LogP contribution < -0.4 is 11.1 Å². The molecule has 4 heteroatoms. The van der Waals surface area contributed by atoms with Gasteiger partial charge in [-0.2, -0.15) is 0 Å². The number of rotatable bonds is 9. The normalized spacial score (nSPS) is 14.7. The number of methoxy groups -OCH3 is 1. The predicted molar refractivity (Wildman–Crippen MR) is 70.7 cm³/mol. The zero-order valence-electron chi connectivity index (χ0n) is 11.7. The van der Waals surface area contributed by atoms with E-state index in [2.05, 4.69) is 19.2 Å². The van der Waals surface area contributed by atoms with Crippen molar-refractivity contribution in [1.29, 1.82) is 0 Å². The number of hydrogen-bond donors (Lipinski definition) is 2. The summed E-state index contributed by atoms with van der Waals surface area (Å²) >= 11 is 0. The molecule has 2 atom stereocenters. The topological polar surface area (TPSA) is 64.3 Å². The first-order valence-corrected chi connectivity index (χ1v) is 6.56. The van der Waals surface area contributed by atoms with Gasteiger partial charge in [0.05, 0.1) is 0 Å². The standard InChI is InChI=1S/C13H28N2O2/c1-5-11(6-2)12(14)8-15-13(16)7-10(3)9-17-4/h10-12H,5-9,14H2,1-4H3,(H,15,16). The van der Waals surface area contributed by atoms with E-state index in [0.717, 1.165) is 12.8 Å². The maximum Gasteiger partial charge on any atom is 0.220 e. The number of carbonyl (C=O) groups is 1. The summed E-state index contributed by atoms with van der Waals surface area (Å²) in [6.07, 6.45) is 2.63. The summed E-state index contributed by atoms with van der Waals surface area (Å²) in [4.78, 5) is 11.6. The average molecular weight is 244 g/mol. The highest BCUT2D eigenvalue weighted by molar-refractivity contribution is 5.76. The minimum absolute atomic E-state index is 0.0617. The number of nitrogens with one attached hydrogen (secondary N) is 1. The van der Waals surface area contributed by atoms with Crippen molar-refractivity contribution >= 4 is 5.91 Å². The van der Waals surface area contributed by atoms with Crippen LogP contribution in [0.3, 0.4) is 0 Å². The van der Waals surface area contributed by atoms with Crippen LogP contribution in [0.5, 0.6) is 0 Å². The summed E-state index contributed by atoms with van der Waals surface area (Å²) in [6, 6.07) is 0.0617. The number of hydrogen-bond acceptors (Lipinski definition) is 3. The molecule has 0 spiro atoms. The van der Waals surface area contributed by atoms with Crippen molar-refractivity contribution in [3.63, 3.8) is 0 Å². The van der Waals surface area contributed by atoms with Gasteiger partial charge in [0.1, 0.15) is 0 Å². The number of ether oxygens (including phenoxy) is 1. The van der Waals surface area contributed by atoms with Crippen molar-refractivity contribution in [2.24, 2.45) is 17.6 Å². The first-order chi connectivity index (χ1) is 8.04. The maximum atomic E-state index is 11.6. The molecule has 102 valence electrons. The van der Waals surface area contributed by atoms with Crippen molar-refractivity contribution < 1.29 is 9.53 Å². The summed E-state index contributed by atoms with van der Waals surface area (Å²) in [5.41, 5.74) is 6.04. The Morgan fingerprint density at radius 2 is 1.94 bits per heavy atom. The molecule has 17 heavy (non-hydrogen) atoms. The summed E-state index contributed by atoms with van der Waals surface area (Å²) in [5, 5.41) is 2.90. The Morgan fingerprint density at radius 1 is 1.35 bits per heavy atom. The Balaban J connectivity index is 3.83. The van der Waals surface area contributed by atoms with Crippen molar-refractivity contribution in [3.05, 3.63) is 0 Å². The molecule has 0 aliphatic heterocycles. The van der Waals surface area contributed by atoms with Gasteiger partial charge in [-0.15, -0.1) is 0 Å². The fourth-order valence-corrected chi connectivity index (χ4v) is 2.02. The Labute approximate surface area is 105 Å². The molecule has 0 fully saturated rings. The van der Waals surface area contributed by atoms with Gasteiger partial charge in [0.25, 0.3) is 0 Å². The monoisotopic (exact) mass is 244 g/mol. The number of nitrogens with two attached hydrogens (primary N) is 1. The molecule has 0 rings (SSSR count). The minimum atomic E-state index is 0.0617. The molecule has 0 radical (unpaired) electrons. The van der Waals surface area contributed by atoms with Crippen LogP contribution in [-0.2, 0) is 9.53 Å². The lowest BCUT2D eigenvalue weighted by Gasteiger charge is -2.21. The van der Waals surface area contributed by atoms with Crippen LogP contribution in [0.25, 0.3) is 0 Å². The lowest BCUT2D eigenvalue weighted by molar-refractivity contribution is -0.122. The van der Waals surface area contributed by atoms with Crippen LogP contribution in [0, 0.1) is 11.8 Å². The lowest BCUT2D eigenvalue weighted by atomic mass is 9.95. The van der Waals surface area contributed by atoms with Gasteiger partial charge in [-0.05, 0) is 11.8 Å². The van der Waals surface area contributed by atoms with Crippen molar-refractivity contribution in [2.45, 2.75) is 46.1 Å². The molecule has 0 aromatic rings. The highest BCUT2D eigenvalue weighted by Crippen LogP contribution is 2.10. The third kappa shape index (κ3) is 7.34. The molecule has 3 N–H and O–H groups in total. The molecule has 0 aromatic carbocycles. The third-order valence-corrected chi connectivity index (χ3v) is 3.17. The van der Waals surface area contributed by atoms with E-state index in [-0.39, 0.29) is 17.9 Å². The smallest absolute Gasteiger partial charge is 0.220 e. The first kappa shape index (κ1) is 16.4. The third-order valence-electron chi connectivity index (χ3n) is 3.17. The van der Waals surface area contributed by atoms with Crippen molar-refractivity contribution in [3.8, 4) is 0 Å². The Kier molecular flexibility index (Phi) is 9.09. The molecule has 1 amide bonds. The second kappa shape index (κ2) is 9.42. The SMILES string of the molecule is CCC(CC)C(N)CNC(=O)CC(C)COC. The van der Waals surface area contributed by atoms with E-state index in [1.807, 2.05) is 6.92 Å². The van der Waals surface area contributed by atoms with Gasteiger partial charge in [-0.1, -0.05) is 33.6 Å². The quantitative estimate of drug-likeness (QED) is 0.646. The van der Waals surface area contributed by atoms with Crippen LogP contribution in [0.4, 0.5) is 0 Å². The summed E-state index contributed by atoms with van der Waals surface area (Å²) in [5.74, 6) is 0.812. The second-order valence-electron chi connectivity index (χ2n) is 4.81. The lowest BCUT2D eigenvalue weighted by Crippen LogP contribution is -2.42. The van der Waals surface area contributed by atoms with Crippen molar-refractivity contribution in [2.75, 3.05) is 20.3 Å². The van der Waals surface area contributed by atoms with Crippen LogP contribution in [0.1, 0.15) is 40.0 Å². The van der Waals surface area contributed by atoms with Gasteiger partial charge in [-0.25, -0.2) is 0 Å². The second-order valence-corrected chi connectivity index (χ2v) is 4.81. The molecule has 0 aliphatic carbocycles. The zero-order valence-corrected chi connectivity index (χ0v) is 11.7. The van der Waals surface area contributed by atoms with E-state index in [1.54, 1.807) is 7.11 Å². The molecule has 0 aliphatic rings. The van der Waals surface area contributed by atoms with Crippen LogP contribution in [0.2, 0.25) is 0 Å². The molecule has 0 heterocycles. The Bertz CT molecular complexity index is 206. The number of amides is 1. The van der Waals surface area contributed by atoms with E-state index in [9.17, 15) is 4.79 Å². The largest absolute Gasteiger partial charge is 0.384 e. The summed E-state index contributed by atoms with van der Waals surface area (Å²) in [6.45, 7) is 7.47. The van der Waals surface area contributed by atoms with Gasteiger partial charge in [-0.3, -0.25) is 4.79 Å². The molecule has 0 saturated heterocycles. The first-order valence-electron chi connectivity index (χ1n) is 6.56. The van der Waals surface area contributed by atoms with Crippen LogP contribution >= 0.6 is 0 Å². The van der Waals surface area contributed by atoms with E-state index in [1.165, 1.54) is 0 Å². The van der Waals surface area contributed by atoms with E-state index >= 15 is 0 Å². The summed E-state index contributed by atoms with van der Waals surface area (Å²) in [7, 11) is 1.65. The average Bonchev–Trinajstić information content (AvgIpc) is 2.28. The fraction of sp³-hybridized carbons (Fsp3) is 0.923. The fourth-order valence-electron chi connectivity index (χ4n) is 2.02. The molecular weight excluding hydrogens is 216 g/mol. The minimum Gasteiger partial charge on any atom is -0.384 e.